The summed E-state index contributed by atoms with van der Waals surface area (Å²) in [4.78, 5) is 15.6. The summed E-state index contributed by atoms with van der Waals surface area (Å²) in [6, 6.07) is 9.40. The number of para-hydroxylation sites is 1. The molecule has 88 valence electrons. The van der Waals surface area contributed by atoms with E-state index in [1.807, 2.05) is 24.3 Å². The van der Waals surface area contributed by atoms with Crippen LogP contribution in [0, 0.1) is 0 Å². The highest BCUT2D eigenvalue weighted by Gasteiger charge is 2.09. The van der Waals surface area contributed by atoms with E-state index < -0.39 is 0 Å². The minimum atomic E-state index is 0.480. The van der Waals surface area contributed by atoms with Crippen molar-refractivity contribution >= 4 is 28.8 Å². The summed E-state index contributed by atoms with van der Waals surface area (Å²) in [6.07, 6.45) is 3.89. The molecule has 1 aromatic carbocycles. The average molecular weight is 258 g/mol. The quantitative estimate of drug-likeness (QED) is 0.663. The highest BCUT2D eigenvalue weighted by Crippen LogP contribution is 2.19. The van der Waals surface area contributed by atoms with Gasteiger partial charge in [0.1, 0.15) is 0 Å². The summed E-state index contributed by atoms with van der Waals surface area (Å²) in [5.74, 6) is 0.482. The lowest BCUT2D eigenvalue weighted by Crippen LogP contribution is -2.03. The minimum Gasteiger partial charge on any atom is -0.298 e. The van der Waals surface area contributed by atoms with Gasteiger partial charge >= 0.3 is 0 Å². The second-order valence-electron chi connectivity index (χ2n) is 3.81. The van der Waals surface area contributed by atoms with E-state index in [4.69, 9.17) is 11.6 Å². The molecule has 4 nitrogen and oxygen atoms in total. The van der Waals surface area contributed by atoms with Crippen molar-refractivity contribution in [1.29, 1.82) is 0 Å². The minimum absolute atomic E-state index is 0.480. The Morgan fingerprint density at radius 3 is 2.83 bits per heavy atom. The van der Waals surface area contributed by atoms with E-state index in [2.05, 4.69) is 10.1 Å². The van der Waals surface area contributed by atoms with Gasteiger partial charge in [-0.05, 0) is 12.1 Å². The molecule has 0 bridgehead atoms. The van der Waals surface area contributed by atoms with E-state index in [1.165, 1.54) is 10.9 Å². The molecule has 2 aromatic heterocycles. The maximum absolute atomic E-state index is 11.1. The Balaban J connectivity index is 2.30. The van der Waals surface area contributed by atoms with Crippen molar-refractivity contribution in [3.8, 4) is 5.82 Å². The molecule has 0 saturated heterocycles. The van der Waals surface area contributed by atoms with Gasteiger partial charge in [-0.1, -0.05) is 29.8 Å². The number of pyridine rings is 1. The van der Waals surface area contributed by atoms with Crippen molar-refractivity contribution < 1.29 is 4.79 Å². The van der Waals surface area contributed by atoms with Gasteiger partial charge in [0.2, 0.25) is 0 Å². The number of halogens is 1. The van der Waals surface area contributed by atoms with Crippen LogP contribution in [0.2, 0.25) is 5.02 Å². The number of benzene rings is 1. The third kappa shape index (κ3) is 1.76. The molecule has 0 unspecified atom stereocenters. The molecule has 0 aliphatic rings. The molecule has 0 spiro atoms. The van der Waals surface area contributed by atoms with E-state index in [-0.39, 0.29) is 0 Å². The van der Waals surface area contributed by atoms with E-state index in [9.17, 15) is 4.79 Å². The predicted molar refractivity (Wildman–Crippen MR) is 69.3 cm³/mol. The highest BCUT2D eigenvalue weighted by molar-refractivity contribution is 6.30. The Morgan fingerprint density at radius 2 is 2.11 bits per heavy atom. The summed E-state index contributed by atoms with van der Waals surface area (Å²) in [5, 5.41) is 5.48. The van der Waals surface area contributed by atoms with Gasteiger partial charge in [0.15, 0.2) is 12.1 Å². The van der Waals surface area contributed by atoms with Crippen LogP contribution in [0.15, 0.2) is 42.7 Å². The first-order chi connectivity index (χ1) is 8.78. The van der Waals surface area contributed by atoms with E-state index in [0.29, 0.717) is 16.4 Å². The monoisotopic (exact) mass is 257 g/mol. The van der Waals surface area contributed by atoms with E-state index >= 15 is 0 Å². The first-order valence-electron chi connectivity index (χ1n) is 5.33. The lowest BCUT2D eigenvalue weighted by atomic mass is 10.1. The Kier molecular flexibility index (Phi) is 2.57. The van der Waals surface area contributed by atoms with Gasteiger partial charge < -0.3 is 0 Å². The lowest BCUT2D eigenvalue weighted by Gasteiger charge is -2.05. The smallest absolute Gasteiger partial charge is 0.164 e. The molecule has 0 N–H and O–H groups in total. The zero-order chi connectivity index (χ0) is 12.5. The van der Waals surface area contributed by atoms with Crippen molar-refractivity contribution in [3.63, 3.8) is 0 Å². The van der Waals surface area contributed by atoms with Gasteiger partial charge in [0.25, 0.3) is 0 Å². The molecule has 3 aromatic rings. The highest BCUT2D eigenvalue weighted by atomic mass is 35.5. The molecule has 0 amide bonds. The molecule has 3 rings (SSSR count). The first kappa shape index (κ1) is 10.9. The normalized spacial score (nSPS) is 10.7. The topological polar surface area (TPSA) is 47.8 Å². The van der Waals surface area contributed by atoms with Gasteiger partial charge in [-0.2, -0.15) is 5.10 Å². The maximum atomic E-state index is 11.1. The Bertz CT molecular complexity index is 736. The number of aldehydes is 1. The molecule has 0 atom stereocenters. The number of nitrogens with zero attached hydrogens (tertiary/aromatic N) is 3. The summed E-state index contributed by atoms with van der Waals surface area (Å²) in [6.45, 7) is 0. The van der Waals surface area contributed by atoms with E-state index in [0.717, 1.165) is 17.2 Å². The number of carbonyl (C=O) groups is 1. The fourth-order valence-electron chi connectivity index (χ4n) is 1.81. The molecule has 18 heavy (non-hydrogen) atoms. The molecular weight excluding hydrogens is 250 g/mol. The Morgan fingerprint density at radius 1 is 1.28 bits per heavy atom. The van der Waals surface area contributed by atoms with Crippen LogP contribution in [0.1, 0.15) is 10.4 Å². The molecule has 0 fully saturated rings. The van der Waals surface area contributed by atoms with Gasteiger partial charge in [0, 0.05) is 5.39 Å². The average Bonchev–Trinajstić information content (AvgIpc) is 2.83. The van der Waals surface area contributed by atoms with Crippen LogP contribution in [0.3, 0.4) is 0 Å². The number of hydrogen-bond donors (Lipinski definition) is 0. The van der Waals surface area contributed by atoms with Crippen molar-refractivity contribution in [1.82, 2.24) is 14.8 Å². The van der Waals surface area contributed by atoms with Crippen molar-refractivity contribution in [2.24, 2.45) is 0 Å². The number of carbonyl (C=O) groups excluding carboxylic acids is 1. The standard InChI is InChI=1S/C13H8ClN3O/c14-11-6-15-17(7-11)13-10(8-18)5-9-3-1-2-4-12(9)16-13/h1-8H. The summed E-state index contributed by atoms with van der Waals surface area (Å²) >= 11 is 5.82. The van der Waals surface area contributed by atoms with E-state index in [1.54, 1.807) is 12.3 Å². The second-order valence-corrected chi connectivity index (χ2v) is 4.25. The molecule has 0 radical (unpaired) electrons. The van der Waals surface area contributed by atoms with Crippen LogP contribution in [0.4, 0.5) is 0 Å². The first-order valence-corrected chi connectivity index (χ1v) is 5.71. The van der Waals surface area contributed by atoms with Crippen molar-refractivity contribution in [3.05, 3.63) is 53.3 Å². The maximum Gasteiger partial charge on any atom is 0.164 e. The largest absolute Gasteiger partial charge is 0.298 e. The number of aromatic nitrogens is 3. The predicted octanol–water partition coefficient (Wildman–Crippen LogP) is 2.89. The fraction of sp³-hybridized carbons (Fsp3) is 0. The molecular formula is C13H8ClN3O. The summed E-state index contributed by atoms with van der Waals surface area (Å²) in [7, 11) is 0. The lowest BCUT2D eigenvalue weighted by molar-refractivity contribution is 0.112. The van der Waals surface area contributed by atoms with Crippen LogP contribution in [0.5, 0.6) is 0 Å². The fourth-order valence-corrected chi connectivity index (χ4v) is 1.95. The molecule has 0 aliphatic carbocycles. The number of rotatable bonds is 2. The molecule has 0 saturated carbocycles. The van der Waals surface area contributed by atoms with Gasteiger partial charge in [-0.25, -0.2) is 9.67 Å². The third-order valence-corrected chi connectivity index (χ3v) is 2.82. The summed E-state index contributed by atoms with van der Waals surface area (Å²) in [5.41, 5.74) is 1.29. The van der Waals surface area contributed by atoms with Gasteiger partial charge in [0.05, 0.1) is 28.5 Å². The third-order valence-electron chi connectivity index (χ3n) is 2.63. The van der Waals surface area contributed by atoms with Crippen molar-refractivity contribution in [2.75, 3.05) is 0 Å². The zero-order valence-electron chi connectivity index (χ0n) is 9.25. The molecule has 2 heterocycles. The second kappa shape index (κ2) is 4.23. The van der Waals surface area contributed by atoms with Crippen LogP contribution < -0.4 is 0 Å². The summed E-state index contributed by atoms with van der Waals surface area (Å²) < 4.78 is 1.50. The van der Waals surface area contributed by atoms with Crippen LogP contribution in [-0.2, 0) is 0 Å². The Hall–Kier alpha value is -2.20. The zero-order valence-corrected chi connectivity index (χ0v) is 10.0. The molecule has 5 heteroatoms. The van der Waals surface area contributed by atoms with Crippen molar-refractivity contribution in [2.45, 2.75) is 0 Å². The SMILES string of the molecule is O=Cc1cc2ccccc2nc1-n1cc(Cl)cn1. The van der Waals surface area contributed by atoms with Crippen LogP contribution in [0.25, 0.3) is 16.7 Å². The molecule has 0 aliphatic heterocycles. The number of fused-ring (bicyclic) bond motifs is 1. The van der Waals surface area contributed by atoms with Gasteiger partial charge in [-0.3, -0.25) is 4.79 Å². The van der Waals surface area contributed by atoms with Crippen LogP contribution in [-0.4, -0.2) is 21.1 Å². The van der Waals surface area contributed by atoms with Gasteiger partial charge in [-0.15, -0.1) is 0 Å². The number of hydrogen-bond acceptors (Lipinski definition) is 3. The van der Waals surface area contributed by atoms with Crippen LogP contribution >= 0.6 is 11.6 Å². The Labute approximate surface area is 108 Å².